The van der Waals surface area contributed by atoms with Crippen molar-refractivity contribution in [1.29, 1.82) is 0 Å². The topological polar surface area (TPSA) is 105 Å². The number of nitrogens with zero attached hydrogens (tertiary/aromatic N) is 1. The van der Waals surface area contributed by atoms with Gasteiger partial charge in [0.2, 0.25) is 21.8 Å². The van der Waals surface area contributed by atoms with E-state index in [0.717, 1.165) is 16.7 Å². The molecule has 1 atom stereocenters. The van der Waals surface area contributed by atoms with Crippen molar-refractivity contribution in [2.24, 2.45) is 0 Å². The van der Waals surface area contributed by atoms with Crippen LogP contribution in [0.5, 0.6) is 5.75 Å². The normalized spacial score (nSPS) is 11.9. The summed E-state index contributed by atoms with van der Waals surface area (Å²) in [5.74, 6) is -0.265. The minimum absolute atomic E-state index is 0.0809. The molecule has 4 aromatic rings. The van der Waals surface area contributed by atoms with E-state index in [1.807, 2.05) is 54.6 Å². The maximum atomic E-state index is 13.9. The van der Waals surface area contributed by atoms with E-state index in [2.05, 4.69) is 10.0 Å². The van der Waals surface area contributed by atoms with E-state index in [1.165, 1.54) is 24.3 Å². The molecule has 236 valence electrons. The minimum atomic E-state index is -3.59. The van der Waals surface area contributed by atoms with Gasteiger partial charge in [-0.1, -0.05) is 73.7 Å². The molecular formula is C35H38FN3O5S. The highest BCUT2D eigenvalue weighted by Crippen LogP contribution is 2.19. The number of halogens is 1. The van der Waals surface area contributed by atoms with Crippen molar-refractivity contribution in [3.8, 4) is 5.75 Å². The molecule has 0 aliphatic heterocycles. The van der Waals surface area contributed by atoms with Crippen LogP contribution in [0.3, 0.4) is 0 Å². The van der Waals surface area contributed by atoms with Crippen molar-refractivity contribution in [3.63, 3.8) is 0 Å². The van der Waals surface area contributed by atoms with Crippen molar-refractivity contribution in [2.45, 2.75) is 50.2 Å². The Morgan fingerprint density at radius 2 is 1.44 bits per heavy atom. The lowest BCUT2D eigenvalue weighted by Crippen LogP contribution is -2.50. The zero-order valence-corrected chi connectivity index (χ0v) is 26.2. The third-order valence-electron chi connectivity index (χ3n) is 7.36. The Bertz CT molecular complexity index is 1650. The summed E-state index contributed by atoms with van der Waals surface area (Å²) < 4.78 is 46.0. The molecule has 2 N–H and O–H groups in total. The summed E-state index contributed by atoms with van der Waals surface area (Å²) in [6.07, 6.45) is 0.697. The van der Waals surface area contributed by atoms with Crippen LogP contribution in [-0.2, 0) is 45.5 Å². The number of sulfonamides is 1. The van der Waals surface area contributed by atoms with Gasteiger partial charge in [-0.2, -0.15) is 0 Å². The van der Waals surface area contributed by atoms with Crippen molar-refractivity contribution in [2.75, 3.05) is 13.7 Å². The Hall–Kier alpha value is -4.54. The van der Waals surface area contributed by atoms with Crippen molar-refractivity contribution in [3.05, 3.63) is 131 Å². The molecular weight excluding hydrogens is 593 g/mol. The van der Waals surface area contributed by atoms with Crippen LogP contribution in [-0.4, -0.2) is 44.8 Å². The van der Waals surface area contributed by atoms with E-state index in [-0.39, 0.29) is 49.2 Å². The van der Waals surface area contributed by atoms with Crippen LogP contribution in [0.1, 0.15) is 35.6 Å². The highest BCUT2D eigenvalue weighted by atomic mass is 32.2. The molecule has 8 nitrogen and oxygen atoms in total. The van der Waals surface area contributed by atoms with Gasteiger partial charge in [0.05, 0.1) is 12.0 Å². The molecule has 0 saturated heterocycles. The molecule has 0 bridgehead atoms. The van der Waals surface area contributed by atoms with E-state index in [4.69, 9.17) is 4.74 Å². The lowest BCUT2D eigenvalue weighted by molar-refractivity contribution is -0.141. The molecule has 0 heterocycles. The first kappa shape index (κ1) is 33.4. The van der Waals surface area contributed by atoms with E-state index in [1.54, 1.807) is 43.2 Å². The van der Waals surface area contributed by atoms with Gasteiger partial charge in [-0.25, -0.2) is 17.5 Å². The van der Waals surface area contributed by atoms with Gasteiger partial charge >= 0.3 is 0 Å². The lowest BCUT2D eigenvalue weighted by Gasteiger charge is -2.32. The first-order chi connectivity index (χ1) is 21.7. The standard InChI is InChI=1S/C35H38FN3O5S/c1-3-38-45(42,43)32-20-13-26(14-21-32)15-22-34(40)39(25-29-9-16-30(36)17-10-29)33(23-27-7-5-4-6-8-27)35(41)37-24-28-11-18-31(44-2)19-12-28/h4-14,16-21,33,38H,3,15,22-25H2,1-2H3,(H,37,41). The predicted octanol–water partition coefficient (Wildman–Crippen LogP) is 5.02. The second kappa shape index (κ2) is 16.0. The van der Waals surface area contributed by atoms with Crippen LogP contribution in [0, 0.1) is 5.82 Å². The first-order valence-electron chi connectivity index (χ1n) is 14.8. The molecule has 0 aliphatic carbocycles. The Balaban J connectivity index is 1.58. The average molecular weight is 632 g/mol. The van der Waals surface area contributed by atoms with Gasteiger partial charge in [0.15, 0.2) is 0 Å². The predicted molar refractivity (Wildman–Crippen MR) is 171 cm³/mol. The van der Waals surface area contributed by atoms with Gasteiger partial charge in [0.1, 0.15) is 17.6 Å². The molecule has 10 heteroatoms. The monoisotopic (exact) mass is 631 g/mol. The Labute approximate surface area is 264 Å². The number of ether oxygens (including phenoxy) is 1. The molecule has 2 amide bonds. The summed E-state index contributed by atoms with van der Waals surface area (Å²) in [5, 5.41) is 2.99. The number of carbonyl (C=O) groups excluding carboxylic acids is 2. The largest absolute Gasteiger partial charge is 0.497 e. The van der Waals surface area contributed by atoms with Crippen LogP contribution in [0.2, 0.25) is 0 Å². The molecule has 0 aromatic heterocycles. The molecule has 45 heavy (non-hydrogen) atoms. The maximum Gasteiger partial charge on any atom is 0.243 e. The number of hydrogen-bond donors (Lipinski definition) is 2. The maximum absolute atomic E-state index is 13.9. The fraction of sp³-hybridized carbons (Fsp3) is 0.257. The zero-order valence-electron chi connectivity index (χ0n) is 25.4. The van der Waals surface area contributed by atoms with Gasteiger partial charge in [0.25, 0.3) is 0 Å². The number of rotatable bonds is 15. The van der Waals surface area contributed by atoms with Crippen LogP contribution < -0.4 is 14.8 Å². The van der Waals surface area contributed by atoms with Crippen molar-refractivity contribution < 1.29 is 27.1 Å². The van der Waals surface area contributed by atoms with Crippen LogP contribution in [0.4, 0.5) is 4.39 Å². The Kier molecular flexibility index (Phi) is 11.8. The van der Waals surface area contributed by atoms with E-state index >= 15 is 0 Å². The molecule has 0 aliphatic rings. The van der Waals surface area contributed by atoms with Crippen LogP contribution in [0.15, 0.2) is 108 Å². The highest BCUT2D eigenvalue weighted by Gasteiger charge is 2.30. The fourth-order valence-electron chi connectivity index (χ4n) is 4.89. The summed E-state index contributed by atoms with van der Waals surface area (Å²) in [6.45, 7) is 2.35. The van der Waals surface area contributed by atoms with E-state index in [9.17, 15) is 22.4 Å². The number of aryl methyl sites for hydroxylation is 1. The Morgan fingerprint density at radius 3 is 2.07 bits per heavy atom. The quantitative estimate of drug-likeness (QED) is 0.192. The second-order valence-corrected chi connectivity index (χ2v) is 12.3. The summed E-state index contributed by atoms with van der Waals surface area (Å²) in [4.78, 5) is 29.5. The third kappa shape index (κ3) is 9.72. The van der Waals surface area contributed by atoms with E-state index < -0.39 is 21.9 Å². The van der Waals surface area contributed by atoms with Gasteiger partial charge in [0, 0.05) is 32.5 Å². The number of hydrogen-bond acceptors (Lipinski definition) is 5. The van der Waals surface area contributed by atoms with E-state index in [0.29, 0.717) is 17.7 Å². The van der Waals surface area contributed by atoms with Gasteiger partial charge in [-0.3, -0.25) is 9.59 Å². The smallest absolute Gasteiger partial charge is 0.243 e. The summed E-state index contributed by atoms with van der Waals surface area (Å²) >= 11 is 0. The molecule has 0 fully saturated rings. The molecule has 4 aromatic carbocycles. The number of benzene rings is 4. The molecule has 0 saturated carbocycles. The lowest BCUT2D eigenvalue weighted by atomic mass is 10.0. The zero-order chi connectivity index (χ0) is 32.2. The van der Waals surface area contributed by atoms with Gasteiger partial charge in [-0.15, -0.1) is 0 Å². The SMILES string of the molecule is CCNS(=O)(=O)c1ccc(CCC(=O)N(Cc2ccc(F)cc2)C(Cc2ccccc2)C(=O)NCc2ccc(OC)cc2)cc1. The average Bonchev–Trinajstić information content (AvgIpc) is 3.06. The summed E-state index contributed by atoms with van der Waals surface area (Å²) in [7, 11) is -2.01. The Morgan fingerprint density at radius 1 is 0.822 bits per heavy atom. The van der Waals surface area contributed by atoms with Crippen molar-refractivity contribution >= 4 is 21.8 Å². The molecule has 0 radical (unpaired) electrons. The second-order valence-electron chi connectivity index (χ2n) is 10.6. The number of carbonyl (C=O) groups is 2. The van der Waals surface area contributed by atoms with Crippen molar-refractivity contribution in [1.82, 2.24) is 14.9 Å². The number of methoxy groups -OCH3 is 1. The molecule has 4 rings (SSSR count). The number of amides is 2. The molecule has 0 spiro atoms. The minimum Gasteiger partial charge on any atom is -0.497 e. The van der Waals surface area contributed by atoms with Crippen LogP contribution >= 0.6 is 0 Å². The van der Waals surface area contributed by atoms with Gasteiger partial charge in [-0.05, 0) is 65.1 Å². The first-order valence-corrected chi connectivity index (χ1v) is 16.2. The summed E-state index contributed by atoms with van der Waals surface area (Å²) in [5.41, 5.74) is 3.22. The fourth-order valence-corrected chi connectivity index (χ4v) is 5.94. The van der Waals surface area contributed by atoms with Gasteiger partial charge < -0.3 is 15.0 Å². The number of nitrogens with one attached hydrogen (secondary N) is 2. The third-order valence-corrected chi connectivity index (χ3v) is 8.92. The van der Waals surface area contributed by atoms with Crippen LogP contribution in [0.25, 0.3) is 0 Å². The molecule has 1 unspecified atom stereocenters. The summed E-state index contributed by atoms with van der Waals surface area (Å²) in [6, 6.07) is 28.2. The highest BCUT2D eigenvalue weighted by molar-refractivity contribution is 7.89.